The van der Waals surface area contributed by atoms with Crippen LogP contribution < -0.4 is 5.32 Å². The Morgan fingerprint density at radius 3 is 3.43 bits per heavy atom. The van der Waals surface area contributed by atoms with Crippen LogP contribution in [0.1, 0.15) is 11.3 Å². The SMILES string of the molecule is CNCC(=O)N1CCc2cn[nH]c2C1. The molecule has 5 heteroatoms. The van der Waals surface area contributed by atoms with Crippen molar-refractivity contribution in [1.82, 2.24) is 20.4 Å². The van der Waals surface area contributed by atoms with E-state index in [1.165, 1.54) is 5.56 Å². The van der Waals surface area contributed by atoms with Gasteiger partial charge in [0.05, 0.1) is 25.0 Å². The summed E-state index contributed by atoms with van der Waals surface area (Å²) >= 11 is 0. The first-order chi connectivity index (χ1) is 6.81. The van der Waals surface area contributed by atoms with Crippen molar-refractivity contribution >= 4 is 5.91 Å². The van der Waals surface area contributed by atoms with E-state index in [2.05, 4.69) is 15.5 Å². The monoisotopic (exact) mass is 194 g/mol. The number of hydrogen-bond acceptors (Lipinski definition) is 3. The maximum atomic E-state index is 11.6. The van der Waals surface area contributed by atoms with Crippen molar-refractivity contribution in [2.24, 2.45) is 0 Å². The van der Waals surface area contributed by atoms with Crippen LogP contribution in [0.4, 0.5) is 0 Å². The fourth-order valence-electron chi connectivity index (χ4n) is 1.69. The van der Waals surface area contributed by atoms with Gasteiger partial charge < -0.3 is 10.2 Å². The van der Waals surface area contributed by atoms with Gasteiger partial charge in [-0.15, -0.1) is 0 Å². The number of carbonyl (C=O) groups is 1. The fourth-order valence-corrected chi connectivity index (χ4v) is 1.69. The van der Waals surface area contributed by atoms with Crippen LogP contribution in [0.5, 0.6) is 0 Å². The summed E-state index contributed by atoms with van der Waals surface area (Å²) in [4.78, 5) is 13.4. The second kappa shape index (κ2) is 3.79. The van der Waals surface area contributed by atoms with E-state index in [1.807, 2.05) is 11.1 Å². The maximum absolute atomic E-state index is 11.6. The van der Waals surface area contributed by atoms with Crippen LogP contribution >= 0.6 is 0 Å². The van der Waals surface area contributed by atoms with E-state index in [9.17, 15) is 4.79 Å². The van der Waals surface area contributed by atoms with E-state index in [-0.39, 0.29) is 5.91 Å². The third-order valence-corrected chi connectivity index (χ3v) is 2.49. The molecule has 1 aliphatic rings. The molecule has 0 aliphatic carbocycles. The molecule has 1 aromatic rings. The molecule has 0 radical (unpaired) electrons. The van der Waals surface area contributed by atoms with Crippen LogP contribution in [0.2, 0.25) is 0 Å². The minimum atomic E-state index is 0.146. The molecule has 14 heavy (non-hydrogen) atoms. The average Bonchev–Trinajstić information content (AvgIpc) is 2.64. The summed E-state index contributed by atoms with van der Waals surface area (Å²) in [6.07, 6.45) is 2.75. The Morgan fingerprint density at radius 2 is 2.64 bits per heavy atom. The van der Waals surface area contributed by atoms with Gasteiger partial charge in [-0.1, -0.05) is 0 Å². The lowest BCUT2D eigenvalue weighted by atomic mass is 10.1. The standard InChI is InChI=1S/C9H14N4O/c1-10-5-9(14)13-3-2-7-4-11-12-8(7)6-13/h4,10H,2-3,5-6H2,1H3,(H,11,12). The number of aromatic amines is 1. The second-order valence-electron chi connectivity index (χ2n) is 3.47. The molecule has 0 fully saturated rings. The first-order valence-electron chi connectivity index (χ1n) is 4.74. The van der Waals surface area contributed by atoms with Crippen molar-refractivity contribution in [3.8, 4) is 0 Å². The summed E-state index contributed by atoms with van der Waals surface area (Å²) in [6, 6.07) is 0. The van der Waals surface area contributed by atoms with Gasteiger partial charge in [-0.2, -0.15) is 5.10 Å². The van der Waals surface area contributed by atoms with Gasteiger partial charge in [-0.05, 0) is 19.0 Å². The summed E-state index contributed by atoms with van der Waals surface area (Å²) in [5.41, 5.74) is 2.30. The van der Waals surface area contributed by atoms with Crippen molar-refractivity contribution in [3.05, 3.63) is 17.5 Å². The maximum Gasteiger partial charge on any atom is 0.236 e. The minimum absolute atomic E-state index is 0.146. The van der Waals surface area contributed by atoms with E-state index in [1.54, 1.807) is 7.05 Å². The quantitative estimate of drug-likeness (QED) is 0.668. The summed E-state index contributed by atoms with van der Waals surface area (Å²) in [7, 11) is 1.78. The van der Waals surface area contributed by atoms with Crippen LogP contribution in [-0.2, 0) is 17.8 Å². The molecular weight excluding hydrogens is 180 g/mol. The fraction of sp³-hybridized carbons (Fsp3) is 0.556. The zero-order valence-corrected chi connectivity index (χ0v) is 8.21. The number of nitrogens with one attached hydrogen (secondary N) is 2. The number of likely N-dealkylation sites (N-methyl/N-ethyl adjacent to an activating group) is 1. The Kier molecular flexibility index (Phi) is 2.49. The Bertz CT molecular complexity index is 333. The van der Waals surface area contributed by atoms with Crippen LogP contribution in [0.25, 0.3) is 0 Å². The Morgan fingerprint density at radius 1 is 1.79 bits per heavy atom. The first-order valence-corrected chi connectivity index (χ1v) is 4.74. The molecule has 1 amide bonds. The molecule has 2 heterocycles. The minimum Gasteiger partial charge on any atom is -0.335 e. The Hall–Kier alpha value is -1.36. The molecule has 2 rings (SSSR count). The summed E-state index contributed by atoms with van der Waals surface area (Å²) < 4.78 is 0. The van der Waals surface area contributed by atoms with E-state index in [0.29, 0.717) is 13.1 Å². The van der Waals surface area contributed by atoms with Gasteiger partial charge in [0.1, 0.15) is 0 Å². The highest BCUT2D eigenvalue weighted by Gasteiger charge is 2.20. The lowest BCUT2D eigenvalue weighted by molar-refractivity contribution is -0.131. The molecule has 76 valence electrons. The number of nitrogens with zero attached hydrogens (tertiary/aromatic N) is 2. The number of aromatic nitrogens is 2. The number of rotatable bonds is 2. The van der Waals surface area contributed by atoms with Crippen molar-refractivity contribution in [1.29, 1.82) is 0 Å². The van der Waals surface area contributed by atoms with Crippen LogP contribution in [0.3, 0.4) is 0 Å². The molecular formula is C9H14N4O. The zero-order valence-electron chi connectivity index (χ0n) is 8.21. The van der Waals surface area contributed by atoms with Gasteiger partial charge in [0.2, 0.25) is 5.91 Å². The average molecular weight is 194 g/mol. The van der Waals surface area contributed by atoms with Gasteiger partial charge in [0.25, 0.3) is 0 Å². The molecule has 5 nitrogen and oxygen atoms in total. The van der Waals surface area contributed by atoms with E-state index in [4.69, 9.17) is 0 Å². The highest BCUT2D eigenvalue weighted by molar-refractivity contribution is 5.78. The molecule has 0 bridgehead atoms. The van der Waals surface area contributed by atoms with E-state index in [0.717, 1.165) is 18.7 Å². The van der Waals surface area contributed by atoms with Gasteiger partial charge in [0.15, 0.2) is 0 Å². The molecule has 0 aromatic carbocycles. The Balaban J connectivity index is 2.04. The molecule has 2 N–H and O–H groups in total. The first kappa shape index (κ1) is 9.21. The smallest absolute Gasteiger partial charge is 0.236 e. The molecule has 0 saturated carbocycles. The third kappa shape index (κ3) is 1.63. The second-order valence-corrected chi connectivity index (χ2v) is 3.47. The van der Waals surface area contributed by atoms with Crippen molar-refractivity contribution in [2.45, 2.75) is 13.0 Å². The van der Waals surface area contributed by atoms with Crippen molar-refractivity contribution < 1.29 is 4.79 Å². The largest absolute Gasteiger partial charge is 0.335 e. The molecule has 0 unspecified atom stereocenters. The predicted molar refractivity (Wildman–Crippen MR) is 51.6 cm³/mol. The van der Waals surface area contributed by atoms with E-state index >= 15 is 0 Å². The number of amides is 1. The number of carbonyl (C=O) groups excluding carboxylic acids is 1. The van der Waals surface area contributed by atoms with E-state index < -0.39 is 0 Å². The van der Waals surface area contributed by atoms with Crippen molar-refractivity contribution in [2.75, 3.05) is 20.1 Å². The van der Waals surface area contributed by atoms with Gasteiger partial charge in [0, 0.05) is 6.54 Å². The molecule has 1 aliphatic heterocycles. The van der Waals surface area contributed by atoms with Crippen molar-refractivity contribution in [3.63, 3.8) is 0 Å². The van der Waals surface area contributed by atoms with Crippen LogP contribution in [0.15, 0.2) is 6.20 Å². The van der Waals surface area contributed by atoms with Crippen LogP contribution in [0, 0.1) is 0 Å². The molecule has 0 atom stereocenters. The topological polar surface area (TPSA) is 61.0 Å². The Labute approximate surface area is 82.5 Å². The van der Waals surface area contributed by atoms with Gasteiger partial charge in [-0.25, -0.2) is 0 Å². The normalized spacial score (nSPS) is 15.4. The molecule has 0 saturated heterocycles. The summed E-state index contributed by atoms with van der Waals surface area (Å²) in [6.45, 7) is 1.87. The predicted octanol–water partition coefficient (Wildman–Crippen LogP) is -0.486. The lowest BCUT2D eigenvalue weighted by Crippen LogP contribution is -2.40. The molecule has 1 aromatic heterocycles. The highest BCUT2D eigenvalue weighted by Crippen LogP contribution is 2.15. The van der Waals surface area contributed by atoms with Crippen LogP contribution in [-0.4, -0.2) is 41.1 Å². The van der Waals surface area contributed by atoms with Gasteiger partial charge >= 0.3 is 0 Å². The number of hydrogen-bond donors (Lipinski definition) is 2. The number of fused-ring (bicyclic) bond motifs is 1. The lowest BCUT2D eigenvalue weighted by Gasteiger charge is -2.26. The summed E-state index contributed by atoms with van der Waals surface area (Å²) in [5.74, 6) is 0.146. The highest BCUT2D eigenvalue weighted by atomic mass is 16.2. The number of H-pyrrole nitrogens is 1. The zero-order chi connectivity index (χ0) is 9.97. The molecule has 0 spiro atoms. The summed E-state index contributed by atoms with van der Waals surface area (Å²) in [5, 5.41) is 9.75. The van der Waals surface area contributed by atoms with Gasteiger partial charge in [-0.3, -0.25) is 9.89 Å². The third-order valence-electron chi connectivity index (χ3n) is 2.49.